The first-order valence-electron chi connectivity index (χ1n) is 25.8. The molecule has 0 amide bonds. The average Bonchev–Trinajstić information content (AvgIpc) is 4.14. The molecule has 14 aliphatic carbocycles. The molecule has 16 unspecified atom stereocenters. The molecule has 0 aromatic rings. The topological polar surface area (TPSA) is 176 Å². The molecule has 14 bridgehead atoms. The van der Waals surface area contributed by atoms with Crippen molar-refractivity contribution in [2.75, 3.05) is 26.8 Å². The molecule has 16 atom stereocenters. The van der Waals surface area contributed by atoms with Crippen LogP contribution in [-0.2, 0) is 66.7 Å². The first-order chi connectivity index (χ1) is 31.5. The smallest absolute Gasteiger partial charge is 0.312 e. The van der Waals surface area contributed by atoms with Crippen LogP contribution in [0.3, 0.4) is 0 Å². The fourth-order valence-corrected chi connectivity index (χ4v) is 20.1. The fraction of sp³-hybridized carbons (Fsp3) is 0.882. The molecule has 14 saturated carbocycles. The second-order valence-corrected chi connectivity index (χ2v) is 25.0. The van der Waals surface area contributed by atoms with Gasteiger partial charge >= 0.3 is 35.8 Å². The quantitative estimate of drug-likeness (QED) is 0.0918. The summed E-state index contributed by atoms with van der Waals surface area (Å²) in [6.07, 6.45) is 15.2. The lowest BCUT2D eigenvalue weighted by Crippen LogP contribution is -2.51. The van der Waals surface area contributed by atoms with Crippen molar-refractivity contribution in [3.8, 4) is 0 Å². The zero-order valence-corrected chi connectivity index (χ0v) is 37.3. The third-order valence-electron chi connectivity index (χ3n) is 21.3. The van der Waals surface area contributed by atoms with Gasteiger partial charge in [0.25, 0.3) is 0 Å². The molecule has 2 heterocycles. The lowest BCUT2D eigenvalue weighted by molar-refractivity contribution is -0.193. The van der Waals surface area contributed by atoms with E-state index in [0.717, 1.165) is 86.9 Å². The molecular weight excluding hydrogens is 837 g/mol. The van der Waals surface area contributed by atoms with E-state index in [2.05, 4.69) is 0 Å². The van der Waals surface area contributed by atoms with E-state index in [-0.39, 0.29) is 78.3 Å². The van der Waals surface area contributed by atoms with E-state index in [1.165, 1.54) is 38.5 Å². The van der Waals surface area contributed by atoms with E-state index in [1.54, 1.807) is 0 Å². The highest BCUT2D eigenvalue weighted by molar-refractivity contribution is 5.90. The third-order valence-corrected chi connectivity index (χ3v) is 21.3. The highest BCUT2D eigenvalue weighted by Crippen LogP contribution is 2.64. The Morgan fingerprint density at radius 1 is 0.446 bits per heavy atom. The zero-order valence-electron chi connectivity index (χ0n) is 37.3. The Morgan fingerprint density at radius 2 is 0.800 bits per heavy atom. The number of carbonyl (C=O) groups is 6. The van der Waals surface area contributed by atoms with E-state index in [1.807, 2.05) is 0 Å². The largest absolute Gasteiger partial charge is 0.458 e. The Labute approximate surface area is 379 Å². The predicted octanol–water partition coefficient (Wildman–Crippen LogP) is 5.55. The summed E-state index contributed by atoms with van der Waals surface area (Å²) in [4.78, 5) is 84.1. The summed E-state index contributed by atoms with van der Waals surface area (Å²) in [6.45, 7) is 0.481. The van der Waals surface area contributed by atoms with Gasteiger partial charge in [0, 0.05) is 23.7 Å². The predicted molar refractivity (Wildman–Crippen MR) is 220 cm³/mol. The van der Waals surface area contributed by atoms with Crippen molar-refractivity contribution in [3.63, 3.8) is 0 Å². The summed E-state index contributed by atoms with van der Waals surface area (Å²) in [5.74, 6) is -5.12. The summed E-state index contributed by atoms with van der Waals surface area (Å²) in [7, 11) is 0. The fourth-order valence-electron chi connectivity index (χ4n) is 20.1. The second kappa shape index (κ2) is 14.6. The van der Waals surface area contributed by atoms with Crippen molar-refractivity contribution in [3.05, 3.63) is 0 Å². The van der Waals surface area contributed by atoms with Crippen LogP contribution in [0.4, 0.5) is 0 Å². The van der Waals surface area contributed by atoms with Crippen molar-refractivity contribution in [1.29, 1.82) is 0 Å². The zero-order chi connectivity index (χ0) is 43.7. The van der Waals surface area contributed by atoms with Gasteiger partial charge in [0.1, 0.15) is 24.4 Å². The molecule has 16 rings (SSSR count). The molecule has 352 valence electrons. The van der Waals surface area contributed by atoms with Gasteiger partial charge in [-0.05, 0) is 167 Å². The first-order valence-corrected chi connectivity index (χ1v) is 25.8. The van der Waals surface area contributed by atoms with Crippen molar-refractivity contribution in [2.45, 2.75) is 134 Å². The molecular formula is C51H64O14. The number of hydrogen-bond acceptors (Lipinski definition) is 14. The van der Waals surface area contributed by atoms with Crippen LogP contribution >= 0.6 is 0 Å². The van der Waals surface area contributed by atoms with Gasteiger partial charge < -0.3 is 37.9 Å². The monoisotopic (exact) mass is 900 g/mol. The Morgan fingerprint density at radius 3 is 1.17 bits per heavy atom. The van der Waals surface area contributed by atoms with Crippen LogP contribution in [0.5, 0.6) is 0 Å². The summed E-state index contributed by atoms with van der Waals surface area (Å²) < 4.78 is 48.5. The highest BCUT2D eigenvalue weighted by Gasteiger charge is 2.71. The summed E-state index contributed by atoms with van der Waals surface area (Å²) >= 11 is 0. The number of esters is 6. The lowest BCUT2D eigenvalue weighted by Gasteiger charge is -2.56. The van der Waals surface area contributed by atoms with Gasteiger partial charge in [-0.25, -0.2) is 0 Å². The second-order valence-electron chi connectivity index (χ2n) is 25.0. The Hall–Kier alpha value is -3.26. The van der Waals surface area contributed by atoms with Crippen LogP contribution < -0.4 is 0 Å². The van der Waals surface area contributed by atoms with Crippen LogP contribution in [0.25, 0.3) is 0 Å². The Kier molecular flexibility index (Phi) is 9.18. The first kappa shape index (κ1) is 40.8. The number of carbonyl (C=O) groups excluding carboxylic acids is 6. The minimum absolute atomic E-state index is 0.00204. The van der Waals surface area contributed by atoms with Crippen molar-refractivity contribution >= 4 is 35.8 Å². The van der Waals surface area contributed by atoms with Crippen molar-refractivity contribution < 1.29 is 66.7 Å². The van der Waals surface area contributed by atoms with Crippen molar-refractivity contribution in [1.82, 2.24) is 0 Å². The maximum absolute atomic E-state index is 14.8. The number of fused-ring (bicyclic) bond motifs is 4. The molecule has 65 heavy (non-hydrogen) atoms. The third kappa shape index (κ3) is 6.28. The van der Waals surface area contributed by atoms with Crippen LogP contribution in [0.15, 0.2) is 0 Å². The van der Waals surface area contributed by atoms with Crippen LogP contribution in [-0.4, -0.2) is 87.0 Å². The van der Waals surface area contributed by atoms with Crippen molar-refractivity contribution in [2.24, 2.45) is 117 Å². The van der Waals surface area contributed by atoms with Gasteiger partial charge in [0.15, 0.2) is 13.6 Å². The SMILES string of the molecule is O=C1OC2C3CC(CC13)C2OC(=O)C1C2CC(C1C(=O)OCOCC13CC4CC(CC(C4)C1)C3)C(C(=O)OC1C3CC4C(=O)OC1C4C3)C2C(=O)OCOCC12CC3CC(CC(C3)C1)C2. The maximum atomic E-state index is 14.8. The van der Waals surface area contributed by atoms with Gasteiger partial charge in [-0.15, -0.1) is 0 Å². The molecule has 2 saturated heterocycles. The normalized spacial score (nSPS) is 53.2. The molecule has 16 fully saturated rings. The molecule has 0 N–H and O–H groups in total. The van der Waals surface area contributed by atoms with E-state index in [0.29, 0.717) is 26.1 Å². The summed E-state index contributed by atoms with van der Waals surface area (Å²) in [6, 6.07) is 0. The minimum atomic E-state index is -1.12. The Bertz CT molecular complexity index is 1850. The van der Waals surface area contributed by atoms with E-state index in [4.69, 9.17) is 37.9 Å². The lowest BCUT2D eigenvalue weighted by atomic mass is 9.50. The van der Waals surface area contributed by atoms with Gasteiger partial charge in [0.05, 0.1) is 48.7 Å². The summed E-state index contributed by atoms with van der Waals surface area (Å²) in [5, 5.41) is 0. The Balaban J connectivity index is 0.718. The van der Waals surface area contributed by atoms with Gasteiger partial charge in [-0.1, -0.05) is 0 Å². The molecule has 2 aliphatic heterocycles. The van der Waals surface area contributed by atoms with E-state index >= 15 is 0 Å². The standard InChI is InChI=1S/C51H64O14/c52-44-32-9-28-7-30(32)42(64-44)40(28)62-48(56)38-35-11-34(36(38)46(54)60-20-58-18-50-12-22-1-23(13-50)3-24(2-22)14-50)39(49(57)63-41-29-8-31-33(10-29)45(53)65-43(31)41)37(35)47(55)61-21-59-19-51-15-25-4-26(16-51)6-27(5-25)17-51/h22-43H,1-21H2. The minimum Gasteiger partial charge on any atom is -0.458 e. The van der Waals surface area contributed by atoms with Crippen LogP contribution in [0.2, 0.25) is 0 Å². The van der Waals surface area contributed by atoms with Crippen LogP contribution in [0, 0.1) is 117 Å². The molecule has 14 nitrogen and oxygen atoms in total. The number of hydrogen-bond donors (Lipinski definition) is 0. The molecule has 16 aliphatic rings. The van der Waals surface area contributed by atoms with Gasteiger partial charge in [-0.2, -0.15) is 0 Å². The van der Waals surface area contributed by atoms with Gasteiger partial charge in [-0.3, -0.25) is 28.8 Å². The number of ether oxygens (including phenoxy) is 8. The average molecular weight is 901 g/mol. The highest BCUT2D eigenvalue weighted by atomic mass is 16.7. The van der Waals surface area contributed by atoms with Gasteiger partial charge in [0.2, 0.25) is 0 Å². The molecule has 0 radical (unpaired) electrons. The summed E-state index contributed by atoms with van der Waals surface area (Å²) in [5.41, 5.74) is 0.218. The molecule has 0 aromatic carbocycles. The van der Waals surface area contributed by atoms with E-state index < -0.39 is 83.8 Å². The molecule has 0 aromatic heterocycles. The van der Waals surface area contributed by atoms with Crippen LogP contribution in [0.1, 0.15) is 109 Å². The maximum Gasteiger partial charge on any atom is 0.312 e. The number of rotatable bonds is 14. The molecule has 0 spiro atoms. The van der Waals surface area contributed by atoms with E-state index in [9.17, 15) is 28.8 Å². The molecule has 14 heteroatoms.